The number of morpholine rings is 1. The molecule has 2 rings (SSSR count). The highest BCUT2D eigenvalue weighted by atomic mass is 16.5. The fourth-order valence-corrected chi connectivity index (χ4v) is 6.23. The number of allylic oxidation sites excluding steroid dienone is 11. The minimum atomic E-state index is 0.0887. The lowest BCUT2D eigenvalue weighted by atomic mass is 9.78. The number of nitrogens with zero attached hydrogens (tertiary/aromatic N) is 1. The Labute approximate surface area is 271 Å². The van der Waals surface area contributed by atoms with Crippen LogP contribution in [0.5, 0.6) is 0 Å². The van der Waals surface area contributed by atoms with Gasteiger partial charge in [0.05, 0.1) is 13.2 Å². The molecular formula is C40H66N2O2. The van der Waals surface area contributed by atoms with Crippen LogP contribution in [-0.4, -0.2) is 50.2 Å². The Morgan fingerprint density at radius 1 is 0.886 bits per heavy atom. The Balaban J connectivity index is 1.88. The zero-order chi connectivity index (χ0) is 32.2. The Hall–Kier alpha value is -2.17. The number of carbonyl (C=O) groups is 1. The van der Waals surface area contributed by atoms with Gasteiger partial charge in [-0.3, -0.25) is 9.69 Å². The zero-order valence-corrected chi connectivity index (χ0v) is 29.4. The largest absolute Gasteiger partial charge is 0.379 e. The number of hydrogen-bond acceptors (Lipinski definition) is 3. The van der Waals surface area contributed by atoms with Crippen molar-refractivity contribution in [2.24, 2.45) is 11.8 Å². The van der Waals surface area contributed by atoms with Crippen molar-refractivity contribution < 1.29 is 9.53 Å². The summed E-state index contributed by atoms with van der Waals surface area (Å²) < 4.78 is 5.46. The SMILES string of the molecule is C=C(CC/C=C(\C)CCC=C(C)C)CC[C@H]1C=C(CC/C=C(\C)CCC=C(C)C)C[C@H](C(=O)NCCCN2CCOCC2)C1. The van der Waals surface area contributed by atoms with E-state index in [4.69, 9.17) is 4.74 Å². The highest BCUT2D eigenvalue weighted by Gasteiger charge is 2.27. The number of ether oxygens (including phenoxy) is 1. The second-order valence-electron chi connectivity index (χ2n) is 13.9. The summed E-state index contributed by atoms with van der Waals surface area (Å²) in [4.78, 5) is 15.8. The predicted molar refractivity (Wildman–Crippen MR) is 191 cm³/mol. The molecule has 1 aliphatic heterocycles. The summed E-state index contributed by atoms with van der Waals surface area (Å²) in [5.41, 5.74) is 8.57. The third kappa shape index (κ3) is 18.0. The Morgan fingerprint density at radius 2 is 1.50 bits per heavy atom. The molecule has 0 unspecified atom stereocenters. The molecule has 2 aliphatic rings. The molecule has 2 atom stereocenters. The Kier molecular flexibility index (Phi) is 19.3. The lowest BCUT2D eigenvalue weighted by Gasteiger charge is -2.29. The summed E-state index contributed by atoms with van der Waals surface area (Å²) >= 11 is 0. The maximum absolute atomic E-state index is 13.3. The minimum Gasteiger partial charge on any atom is -0.379 e. The first-order valence-corrected chi connectivity index (χ1v) is 17.6. The average molecular weight is 607 g/mol. The van der Waals surface area contributed by atoms with Crippen molar-refractivity contribution in [3.63, 3.8) is 0 Å². The van der Waals surface area contributed by atoms with Gasteiger partial charge < -0.3 is 10.1 Å². The van der Waals surface area contributed by atoms with Gasteiger partial charge in [0.1, 0.15) is 0 Å². The maximum Gasteiger partial charge on any atom is 0.223 e. The lowest BCUT2D eigenvalue weighted by molar-refractivity contribution is -0.125. The number of hydrogen-bond donors (Lipinski definition) is 1. The summed E-state index contributed by atoms with van der Waals surface area (Å²) in [7, 11) is 0. The van der Waals surface area contributed by atoms with Gasteiger partial charge in [0, 0.05) is 25.6 Å². The second kappa shape index (κ2) is 22.4. The van der Waals surface area contributed by atoms with Crippen molar-refractivity contribution in [1.29, 1.82) is 0 Å². The van der Waals surface area contributed by atoms with Crippen LogP contribution in [0.15, 0.2) is 70.4 Å². The molecule has 0 aromatic carbocycles. The number of rotatable bonds is 20. The van der Waals surface area contributed by atoms with Crippen LogP contribution in [0.1, 0.15) is 125 Å². The lowest BCUT2D eigenvalue weighted by Crippen LogP contribution is -2.39. The number of amides is 1. The molecule has 1 N–H and O–H groups in total. The summed E-state index contributed by atoms with van der Waals surface area (Å²) in [6, 6.07) is 0. The fraction of sp³-hybridized carbons (Fsp3) is 0.675. The third-order valence-corrected chi connectivity index (χ3v) is 8.99. The molecule has 0 aromatic heterocycles. The number of nitrogens with one attached hydrogen (secondary N) is 1. The van der Waals surface area contributed by atoms with E-state index in [9.17, 15) is 4.79 Å². The smallest absolute Gasteiger partial charge is 0.223 e. The van der Waals surface area contributed by atoms with Gasteiger partial charge in [-0.15, -0.1) is 0 Å². The van der Waals surface area contributed by atoms with Crippen molar-refractivity contribution in [3.05, 3.63) is 70.4 Å². The van der Waals surface area contributed by atoms with Gasteiger partial charge in [-0.2, -0.15) is 0 Å². The van der Waals surface area contributed by atoms with Crippen LogP contribution in [0.2, 0.25) is 0 Å². The van der Waals surface area contributed by atoms with E-state index >= 15 is 0 Å². The van der Waals surface area contributed by atoms with E-state index in [0.29, 0.717) is 5.92 Å². The first kappa shape index (κ1) is 38.0. The first-order valence-electron chi connectivity index (χ1n) is 17.6. The third-order valence-electron chi connectivity index (χ3n) is 8.99. The standard InChI is InChI=1S/C40H66N2O2/c1-32(2)13-8-15-34(5)17-10-18-36(7)21-22-38-29-37(20-11-19-35(6)16-9-14-33(3)4)30-39(31-38)40(43)41-23-12-24-42-25-27-44-28-26-42/h13-14,17,19,29,38-39H,7-12,15-16,18,20-28,30-31H2,1-6H3,(H,41,43)/b34-17+,35-19+/t38-,39-/m0/s1. The van der Waals surface area contributed by atoms with Crippen LogP contribution in [-0.2, 0) is 9.53 Å². The van der Waals surface area contributed by atoms with Gasteiger partial charge in [-0.05, 0) is 137 Å². The molecule has 4 heteroatoms. The molecule has 1 heterocycles. The Bertz CT molecular complexity index is 1010. The molecule has 1 fully saturated rings. The quantitative estimate of drug-likeness (QED) is 0.111. The highest BCUT2D eigenvalue weighted by Crippen LogP contribution is 2.34. The van der Waals surface area contributed by atoms with E-state index in [-0.39, 0.29) is 11.8 Å². The zero-order valence-electron chi connectivity index (χ0n) is 29.4. The monoisotopic (exact) mass is 607 g/mol. The normalized spacial score (nSPS) is 19.7. The molecule has 1 amide bonds. The predicted octanol–water partition coefficient (Wildman–Crippen LogP) is 10.1. The van der Waals surface area contributed by atoms with Crippen molar-refractivity contribution in [3.8, 4) is 0 Å². The van der Waals surface area contributed by atoms with Gasteiger partial charge in [-0.1, -0.05) is 70.4 Å². The molecule has 0 spiro atoms. The fourth-order valence-electron chi connectivity index (χ4n) is 6.23. The van der Waals surface area contributed by atoms with Gasteiger partial charge in [0.25, 0.3) is 0 Å². The van der Waals surface area contributed by atoms with Gasteiger partial charge in [-0.25, -0.2) is 0 Å². The summed E-state index contributed by atoms with van der Waals surface area (Å²) in [6.45, 7) is 23.1. The first-order chi connectivity index (χ1) is 21.1. The molecule has 248 valence electrons. The molecule has 0 aromatic rings. The molecule has 4 nitrogen and oxygen atoms in total. The van der Waals surface area contributed by atoms with E-state index in [2.05, 4.69) is 88.7 Å². The van der Waals surface area contributed by atoms with E-state index < -0.39 is 0 Å². The minimum absolute atomic E-state index is 0.0887. The van der Waals surface area contributed by atoms with Gasteiger partial charge in [0.2, 0.25) is 5.91 Å². The molecule has 0 bridgehead atoms. The van der Waals surface area contributed by atoms with Crippen LogP contribution in [0.25, 0.3) is 0 Å². The second-order valence-corrected chi connectivity index (χ2v) is 13.9. The molecule has 1 saturated heterocycles. The van der Waals surface area contributed by atoms with Crippen LogP contribution in [0.3, 0.4) is 0 Å². The molecule has 44 heavy (non-hydrogen) atoms. The summed E-state index contributed by atoms with van der Waals surface area (Å²) in [5.74, 6) is 0.804. The van der Waals surface area contributed by atoms with Crippen molar-refractivity contribution in [2.75, 3.05) is 39.4 Å². The topological polar surface area (TPSA) is 41.6 Å². The summed E-state index contributed by atoms with van der Waals surface area (Å²) in [5, 5.41) is 3.29. The Morgan fingerprint density at radius 3 is 2.14 bits per heavy atom. The van der Waals surface area contributed by atoms with Gasteiger partial charge in [0.15, 0.2) is 0 Å². The molecular weight excluding hydrogens is 540 g/mol. The molecule has 0 saturated carbocycles. The van der Waals surface area contributed by atoms with E-state index in [0.717, 1.165) is 123 Å². The van der Waals surface area contributed by atoms with Crippen LogP contribution in [0, 0.1) is 11.8 Å². The van der Waals surface area contributed by atoms with E-state index in [1.807, 2.05) is 0 Å². The van der Waals surface area contributed by atoms with Gasteiger partial charge >= 0.3 is 0 Å². The van der Waals surface area contributed by atoms with Crippen molar-refractivity contribution in [1.82, 2.24) is 10.2 Å². The molecule has 0 radical (unpaired) electrons. The van der Waals surface area contributed by atoms with E-state index in [1.54, 1.807) is 0 Å². The average Bonchev–Trinajstić information content (AvgIpc) is 2.98. The highest BCUT2D eigenvalue weighted by molar-refractivity contribution is 5.79. The maximum atomic E-state index is 13.3. The number of carbonyl (C=O) groups excluding carboxylic acids is 1. The van der Waals surface area contributed by atoms with Crippen LogP contribution >= 0.6 is 0 Å². The summed E-state index contributed by atoms with van der Waals surface area (Å²) in [6.07, 6.45) is 25.8. The van der Waals surface area contributed by atoms with Crippen molar-refractivity contribution >= 4 is 5.91 Å². The van der Waals surface area contributed by atoms with Crippen LogP contribution in [0.4, 0.5) is 0 Å². The molecule has 1 aliphatic carbocycles. The van der Waals surface area contributed by atoms with Crippen molar-refractivity contribution in [2.45, 2.75) is 125 Å². The van der Waals surface area contributed by atoms with Crippen LogP contribution < -0.4 is 5.32 Å². The van der Waals surface area contributed by atoms with E-state index in [1.165, 1.54) is 33.4 Å².